The first-order chi connectivity index (χ1) is 13.7. The number of ether oxygens (including phenoxy) is 1. The summed E-state index contributed by atoms with van der Waals surface area (Å²) in [6.07, 6.45) is 4.26. The fourth-order valence-corrected chi connectivity index (χ4v) is 3.65. The Labute approximate surface area is 166 Å². The molecule has 2 aromatic heterocycles. The van der Waals surface area contributed by atoms with Gasteiger partial charge in [0, 0.05) is 32.3 Å². The highest BCUT2D eigenvalue weighted by Gasteiger charge is 2.19. The van der Waals surface area contributed by atoms with Crippen LogP contribution >= 0.6 is 11.8 Å². The maximum Gasteiger partial charge on any atom is 0.313 e. The van der Waals surface area contributed by atoms with E-state index in [1.807, 2.05) is 23.0 Å². The molecule has 148 valence electrons. The van der Waals surface area contributed by atoms with Gasteiger partial charge in [0.05, 0.1) is 37.3 Å². The number of carbonyl (C=O) groups is 1. The summed E-state index contributed by atoms with van der Waals surface area (Å²) < 4.78 is 13.2. The molecule has 0 aliphatic carbocycles. The first-order valence-electron chi connectivity index (χ1n) is 9.08. The summed E-state index contributed by atoms with van der Waals surface area (Å²) in [4.78, 5) is 13.0. The Balaban J connectivity index is 1.32. The minimum atomic E-state index is -0.868. The van der Waals surface area contributed by atoms with Crippen LogP contribution in [0.2, 0.25) is 0 Å². The van der Waals surface area contributed by atoms with Gasteiger partial charge in [-0.2, -0.15) is 10.2 Å². The summed E-state index contributed by atoms with van der Waals surface area (Å²) in [5.74, 6) is 0.481. The van der Waals surface area contributed by atoms with E-state index >= 15 is 0 Å². The lowest BCUT2D eigenvalue weighted by Crippen LogP contribution is -2.38. The number of furan rings is 1. The third-order valence-electron chi connectivity index (χ3n) is 4.52. The highest BCUT2D eigenvalue weighted by atomic mass is 32.2. The van der Waals surface area contributed by atoms with Crippen molar-refractivity contribution in [1.82, 2.24) is 14.7 Å². The number of hydrogen-bond donors (Lipinski definition) is 1. The van der Waals surface area contributed by atoms with E-state index in [2.05, 4.69) is 20.2 Å². The molecule has 2 aliphatic heterocycles. The van der Waals surface area contributed by atoms with E-state index in [-0.39, 0.29) is 5.75 Å². The van der Waals surface area contributed by atoms with Gasteiger partial charge in [-0.25, -0.2) is 0 Å². The summed E-state index contributed by atoms with van der Waals surface area (Å²) in [5, 5.41) is 22.0. The minimum Gasteiger partial charge on any atom is -0.481 e. The number of aromatic nitrogens is 2. The van der Waals surface area contributed by atoms with Crippen LogP contribution in [-0.2, 0) is 16.1 Å². The highest BCUT2D eigenvalue weighted by molar-refractivity contribution is 8.14. The molecule has 2 aromatic rings. The number of thioether (sulfide) groups is 1. The molecule has 10 heteroatoms. The number of rotatable bonds is 7. The van der Waals surface area contributed by atoms with Crippen LogP contribution in [0.15, 0.2) is 39.1 Å². The molecule has 0 unspecified atom stereocenters. The van der Waals surface area contributed by atoms with Crippen molar-refractivity contribution in [3.63, 3.8) is 0 Å². The first-order valence-corrected chi connectivity index (χ1v) is 10.1. The van der Waals surface area contributed by atoms with E-state index in [1.165, 1.54) is 11.8 Å². The molecule has 0 aromatic carbocycles. The van der Waals surface area contributed by atoms with Gasteiger partial charge in [-0.3, -0.25) is 14.4 Å². The molecule has 0 atom stereocenters. The Morgan fingerprint density at radius 2 is 2.00 bits per heavy atom. The van der Waals surface area contributed by atoms with Gasteiger partial charge < -0.3 is 14.3 Å². The van der Waals surface area contributed by atoms with Gasteiger partial charge in [0.2, 0.25) is 0 Å². The second kappa shape index (κ2) is 8.72. The molecule has 4 rings (SSSR count). The Hall–Kier alpha value is -2.43. The first kappa shape index (κ1) is 18.9. The summed E-state index contributed by atoms with van der Waals surface area (Å²) in [6, 6.07) is 3.75. The molecule has 0 bridgehead atoms. The van der Waals surface area contributed by atoms with E-state index in [4.69, 9.17) is 14.3 Å². The van der Waals surface area contributed by atoms with E-state index in [0.717, 1.165) is 50.7 Å². The number of hydrogen-bond acceptors (Lipinski definition) is 8. The summed E-state index contributed by atoms with van der Waals surface area (Å²) in [6.45, 7) is 5.28. The lowest BCUT2D eigenvalue weighted by atomic mass is 10.2. The molecular weight excluding hydrogens is 382 g/mol. The second-order valence-electron chi connectivity index (χ2n) is 6.51. The summed E-state index contributed by atoms with van der Waals surface area (Å²) in [5.41, 5.74) is 1.62. The van der Waals surface area contributed by atoms with Crippen LogP contribution in [-0.4, -0.2) is 75.1 Å². The Morgan fingerprint density at radius 1 is 1.18 bits per heavy atom. The molecule has 4 heterocycles. The second-order valence-corrected chi connectivity index (χ2v) is 7.56. The van der Waals surface area contributed by atoms with Gasteiger partial charge in [-0.15, -0.1) is 5.10 Å². The van der Waals surface area contributed by atoms with Gasteiger partial charge in [-0.1, -0.05) is 11.8 Å². The number of carboxylic acids is 1. The van der Waals surface area contributed by atoms with E-state index < -0.39 is 5.97 Å². The van der Waals surface area contributed by atoms with E-state index in [0.29, 0.717) is 22.9 Å². The van der Waals surface area contributed by atoms with Crippen molar-refractivity contribution in [2.75, 3.05) is 38.6 Å². The monoisotopic (exact) mass is 403 g/mol. The fourth-order valence-electron chi connectivity index (χ4n) is 3.02. The smallest absolute Gasteiger partial charge is 0.313 e. The molecular formula is C18H21N5O4S. The van der Waals surface area contributed by atoms with Gasteiger partial charge in [0.1, 0.15) is 16.5 Å². The van der Waals surface area contributed by atoms with Crippen LogP contribution in [0.25, 0.3) is 11.3 Å². The lowest BCUT2D eigenvalue weighted by Gasteiger charge is -2.26. The zero-order chi connectivity index (χ0) is 19.3. The Kier molecular flexibility index (Phi) is 5.89. The average molecular weight is 403 g/mol. The minimum absolute atomic E-state index is 0.0192. The van der Waals surface area contributed by atoms with Crippen LogP contribution in [0.3, 0.4) is 0 Å². The molecule has 0 spiro atoms. The van der Waals surface area contributed by atoms with Crippen molar-refractivity contribution in [3.05, 3.63) is 30.3 Å². The molecule has 0 amide bonds. The number of morpholine rings is 1. The molecule has 1 N–H and O–H groups in total. The fraction of sp³-hybridized carbons (Fsp3) is 0.444. The standard InChI is InChI=1S/C18H21N5O4S/c24-18(25)12-28-17-9-14(20-21-17)16-2-1-15(27-16)13-10-19-23(11-13)4-3-22-5-7-26-8-6-22/h1-2,10-11H,3-9,12H2,(H,24,25). The van der Waals surface area contributed by atoms with Gasteiger partial charge in [0.25, 0.3) is 0 Å². The molecule has 0 radical (unpaired) electrons. The van der Waals surface area contributed by atoms with Crippen LogP contribution in [0.1, 0.15) is 12.2 Å². The lowest BCUT2D eigenvalue weighted by molar-refractivity contribution is -0.133. The van der Waals surface area contributed by atoms with E-state index in [9.17, 15) is 4.79 Å². The van der Waals surface area contributed by atoms with Gasteiger partial charge >= 0.3 is 5.97 Å². The third-order valence-corrected chi connectivity index (χ3v) is 5.47. The van der Waals surface area contributed by atoms with Crippen LogP contribution in [0.4, 0.5) is 0 Å². The van der Waals surface area contributed by atoms with Crippen molar-refractivity contribution in [3.8, 4) is 11.3 Å². The van der Waals surface area contributed by atoms with Gasteiger partial charge in [0.15, 0.2) is 5.76 Å². The molecule has 2 aliphatic rings. The largest absolute Gasteiger partial charge is 0.481 e. The van der Waals surface area contributed by atoms with Gasteiger partial charge in [-0.05, 0) is 12.1 Å². The van der Waals surface area contributed by atoms with Crippen LogP contribution in [0, 0.1) is 0 Å². The SMILES string of the molecule is O=C(O)CSC1=NN=C(c2ccc(-c3cnn(CCN4CCOCC4)c3)o2)C1. The zero-order valence-corrected chi connectivity index (χ0v) is 16.1. The highest BCUT2D eigenvalue weighted by Crippen LogP contribution is 2.25. The predicted octanol–water partition coefficient (Wildman–Crippen LogP) is 1.80. The normalized spacial score (nSPS) is 17.6. The molecule has 1 fully saturated rings. The van der Waals surface area contributed by atoms with E-state index in [1.54, 1.807) is 6.20 Å². The van der Waals surface area contributed by atoms with Crippen molar-refractivity contribution >= 4 is 28.5 Å². The Bertz CT molecular complexity index is 897. The zero-order valence-electron chi connectivity index (χ0n) is 15.3. The summed E-state index contributed by atoms with van der Waals surface area (Å²) >= 11 is 1.18. The maximum atomic E-state index is 10.7. The summed E-state index contributed by atoms with van der Waals surface area (Å²) in [7, 11) is 0. The predicted molar refractivity (Wildman–Crippen MR) is 106 cm³/mol. The average Bonchev–Trinajstić information content (AvgIpc) is 3.45. The third kappa shape index (κ3) is 4.70. The molecule has 9 nitrogen and oxygen atoms in total. The maximum absolute atomic E-state index is 10.7. The molecule has 1 saturated heterocycles. The quantitative estimate of drug-likeness (QED) is 0.751. The number of carboxylic acid groups (broad SMARTS) is 1. The molecule has 28 heavy (non-hydrogen) atoms. The topological polar surface area (TPSA) is 105 Å². The molecule has 0 saturated carbocycles. The van der Waals surface area contributed by atoms with Crippen molar-refractivity contribution in [1.29, 1.82) is 0 Å². The number of aliphatic carboxylic acids is 1. The van der Waals surface area contributed by atoms with Crippen molar-refractivity contribution in [2.45, 2.75) is 13.0 Å². The van der Waals surface area contributed by atoms with Crippen LogP contribution < -0.4 is 0 Å². The van der Waals surface area contributed by atoms with Crippen molar-refractivity contribution < 1.29 is 19.1 Å². The number of nitrogens with zero attached hydrogens (tertiary/aromatic N) is 5. The van der Waals surface area contributed by atoms with Crippen LogP contribution in [0.5, 0.6) is 0 Å². The van der Waals surface area contributed by atoms with Crippen molar-refractivity contribution in [2.24, 2.45) is 10.2 Å². The Morgan fingerprint density at radius 3 is 2.82 bits per heavy atom.